The van der Waals surface area contributed by atoms with Gasteiger partial charge in [-0.05, 0) is 12.8 Å². The van der Waals surface area contributed by atoms with Gasteiger partial charge in [0.2, 0.25) is 11.8 Å². The van der Waals surface area contributed by atoms with Crippen molar-refractivity contribution in [2.24, 2.45) is 5.92 Å². The smallest absolute Gasteiger partial charge is 0.235 e. The molecule has 2 atom stereocenters. The number of nitrogens with zero attached hydrogens (tertiary/aromatic N) is 2. The van der Waals surface area contributed by atoms with Crippen molar-refractivity contribution in [2.45, 2.75) is 45.1 Å². The van der Waals surface area contributed by atoms with Crippen molar-refractivity contribution in [3.05, 3.63) is 0 Å². The van der Waals surface area contributed by atoms with Crippen LogP contribution in [0.2, 0.25) is 0 Å². The van der Waals surface area contributed by atoms with E-state index in [0.717, 1.165) is 0 Å². The Kier molecular flexibility index (Phi) is 6.17. The van der Waals surface area contributed by atoms with E-state index in [9.17, 15) is 9.59 Å². The maximum Gasteiger partial charge on any atom is 0.235 e. The number of carbonyl (C=O) groups is 2. The molecule has 0 aromatic rings. The highest BCUT2D eigenvalue weighted by Crippen LogP contribution is 2.25. The summed E-state index contributed by atoms with van der Waals surface area (Å²) >= 11 is 1.74. The number of amides is 2. The molecule has 5 heteroatoms. The first-order valence-electron chi connectivity index (χ1n) is 7.02. The fraction of sp³-hybridized carbons (Fsp3) is 0.857. The molecule has 0 aromatic carbocycles. The molecule has 1 aliphatic rings. The van der Waals surface area contributed by atoms with Crippen LogP contribution in [0.3, 0.4) is 0 Å². The molecule has 1 aliphatic heterocycles. The average Bonchev–Trinajstić information content (AvgIpc) is 2.37. The molecule has 0 spiro atoms. The summed E-state index contributed by atoms with van der Waals surface area (Å²) in [5, 5.41) is 0.485. The normalized spacial score (nSPS) is 19.5. The predicted molar refractivity (Wildman–Crippen MR) is 80.2 cm³/mol. The number of hydrogen-bond donors (Lipinski definition) is 0. The Morgan fingerprint density at radius 3 is 1.84 bits per heavy atom. The van der Waals surface area contributed by atoms with Crippen molar-refractivity contribution < 1.29 is 9.59 Å². The molecule has 0 radical (unpaired) electrons. The molecule has 1 heterocycles. The molecule has 110 valence electrons. The molecular weight excluding hydrogens is 260 g/mol. The lowest BCUT2D eigenvalue weighted by Gasteiger charge is -2.35. The predicted octanol–water partition coefficient (Wildman–Crippen LogP) is 1.84. The molecule has 2 amide bonds. The highest BCUT2D eigenvalue weighted by Gasteiger charge is 2.27. The number of carbonyl (C=O) groups excluding carboxylic acids is 2. The number of piperazine rings is 1. The van der Waals surface area contributed by atoms with E-state index in [0.29, 0.717) is 37.3 Å². The molecule has 2 unspecified atom stereocenters. The zero-order chi connectivity index (χ0) is 14.6. The summed E-state index contributed by atoms with van der Waals surface area (Å²) in [5.74, 6) is 0.887. The van der Waals surface area contributed by atoms with Crippen LogP contribution in [0.5, 0.6) is 0 Å². The van der Waals surface area contributed by atoms with Crippen LogP contribution < -0.4 is 0 Å². The van der Waals surface area contributed by atoms with Crippen molar-refractivity contribution in [3.63, 3.8) is 0 Å². The Morgan fingerprint density at radius 1 is 0.947 bits per heavy atom. The highest BCUT2D eigenvalue weighted by atomic mass is 32.2. The molecule has 0 bridgehead atoms. The maximum atomic E-state index is 12.3. The van der Waals surface area contributed by atoms with E-state index in [1.165, 1.54) is 0 Å². The minimum atomic E-state index is 0.00118. The number of hydrogen-bond acceptors (Lipinski definition) is 3. The van der Waals surface area contributed by atoms with Crippen molar-refractivity contribution in [2.75, 3.05) is 26.2 Å². The van der Waals surface area contributed by atoms with Gasteiger partial charge in [0.15, 0.2) is 0 Å². The van der Waals surface area contributed by atoms with E-state index < -0.39 is 0 Å². The molecule has 0 aromatic heterocycles. The van der Waals surface area contributed by atoms with Crippen LogP contribution >= 0.6 is 11.8 Å². The minimum Gasteiger partial charge on any atom is -0.339 e. The monoisotopic (exact) mass is 286 g/mol. The van der Waals surface area contributed by atoms with E-state index in [1.807, 2.05) is 11.8 Å². The van der Waals surface area contributed by atoms with Crippen LogP contribution in [-0.4, -0.2) is 58.3 Å². The summed E-state index contributed by atoms with van der Waals surface area (Å²) in [5.41, 5.74) is 0. The second kappa shape index (κ2) is 7.17. The third-order valence-electron chi connectivity index (χ3n) is 3.74. The first kappa shape index (κ1) is 16.3. The van der Waals surface area contributed by atoms with E-state index in [-0.39, 0.29) is 17.1 Å². The van der Waals surface area contributed by atoms with E-state index in [4.69, 9.17) is 0 Å². The summed E-state index contributed by atoms with van der Waals surface area (Å²) in [6.45, 7) is 12.8. The van der Waals surface area contributed by atoms with E-state index in [1.54, 1.807) is 23.6 Å². The molecule has 0 N–H and O–H groups in total. The summed E-state index contributed by atoms with van der Waals surface area (Å²) in [6, 6.07) is 0. The molecular formula is C14H26N2O2S. The van der Waals surface area contributed by atoms with Gasteiger partial charge in [0, 0.05) is 38.4 Å². The SMILES string of the molecule is CC(=O)N1CCN(C(=O)C(C)SC(C)C(C)C)CC1. The van der Waals surface area contributed by atoms with Crippen molar-refractivity contribution in [3.8, 4) is 0 Å². The molecule has 1 fully saturated rings. The van der Waals surface area contributed by atoms with Gasteiger partial charge in [-0.15, -0.1) is 11.8 Å². The van der Waals surface area contributed by atoms with Crippen molar-refractivity contribution in [1.29, 1.82) is 0 Å². The van der Waals surface area contributed by atoms with Gasteiger partial charge < -0.3 is 9.80 Å². The van der Waals surface area contributed by atoms with E-state index in [2.05, 4.69) is 20.8 Å². The quantitative estimate of drug-likeness (QED) is 0.792. The Hall–Kier alpha value is -0.710. The van der Waals surface area contributed by atoms with Gasteiger partial charge in [-0.2, -0.15) is 0 Å². The molecule has 1 saturated heterocycles. The Labute approximate surface area is 120 Å². The van der Waals surface area contributed by atoms with E-state index >= 15 is 0 Å². The zero-order valence-electron chi connectivity index (χ0n) is 12.7. The van der Waals surface area contributed by atoms with Gasteiger partial charge >= 0.3 is 0 Å². The largest absolute Gasteiger partial charge is 0.339 e. The molecule has 1 rings (SSSR count). The summed E-state index contributed by atoms with van der Waals surface area (Å²) < 4.78 is 0. The number of rotatable bonds is 4. The van der Waals surface area contributed by atoms with Crippen molar-refractivity contribution in [1.82, 2.24) is 9.80 Å². The summed E-state index contributed by atoms with van der Waals surface area (Å²) in [6.07, 6.45) is 0. The minimum absolute atomic E-state index is 0.00118. The van der Waals surface area contributed by atoms with Crippen LogP contribution in [0.1, 0.15) is 34.6 Å². The fourth-order valence-corrected chi connectivity index (χ4v) is 3.26. The maximum absolute atomic E-state index is 12.3. The summed E-state index contributed by atoms with van der Waals surface area (Å²) in [4.78, 5) is 27.3. The Bertz CT molecular complexity index is 325. The third kappa shape index (κ3) is 4.71. The van der Waals surface area contributed by atoms with Crippen molar-refractivity contribution >= 4 is 23.6 Å². The second-order valence-electron chi connectivity index (χ2n) is 5.56. The van der Waals surface area contributed by atoms with Gasteiger partial charge in [0.05, 0.1) is 5.25 Å². The van der Waals surface area contributed by atoms with Gasteiger partial charge in [0.1, 0.15) is 0 Å². The second-order valence-corrected chi connectivity index (χ2v) is 7.28. The molecule has 19 heavy (non-hydrogen) atoms. The fourth-order valence-electron chi connectivity index (χ4n) is 2.04. The van der Waals surface area contributed by atoms with Gasteiger partial charge in [-0.1, -0.05) is 20.8 Å². The highest BCUT2D eigenvalue weighted by molar-refractivity contribution is 8.01. The standard InChI is InChI=1S/C14H26N2O2S/c1-10(2)11(3)19-12(4)14(18)16-8-6-15(7-9-16)13(5)17/h10-12H,6-9H2,1-5H3. The van der Waals surface area contributed by atoms with Gasteiger partial charge in [0.25, 0.3) is 0 Å². The Balaban J connectivity index is 2.44. The lowest BCUT2D eigenvalue weighted by atomic mass is 10.2. The van der Waals surface area contributed by atoms with Crippen LogP contribution in [0.25, 0.3) is 0 Å². The summed E-state index contributed by atoms with van der Waals surface area (Å²) in [7, 11) is 0. The van der Waals surface area contributed by atoms with Crippen LogP contribution in [0.4, 0.5) is 0 Å². The number of thioether (sulfide) groups is 1. The lowest BCUT2D eigenvalue weighted by molar-refractivity contribution is -0.137. The van der Waals surface area contributed by atoms with Crippen LogP contribution in [0.15, 0.2) is 0 Å². The molecule has 0 saturated carbocycles. The third-order valence-corrected chi connectivity index (χ3v) is 5.33. The van der Waals surface area contributed by atoms with Gasteiger partial charge in [-0.3, -0.25) is 9.59 Å². The van der Waals surface area contributed by atoms with Crippen LogP contribution in [0, 0.1) is 5.92 Å². The topological polar surface area (TPSA) is 40.6 Å². The van der Waals surface area contributed by atoms with Gasteiger partial charge in [-0.25, -0.2) is 0 Å². The Morgan fingerprint density at radius 2 is 1.42 bits per heavy atom. The average molecular weight is 286 g/mol. The molecule has 4 nitrogen and oxygen atoms in total. The first-order chi connectivity index (χ1) is 8.82. The van der Waals surface area contributed by atoms with Crippen LogP contribution in [-0.2, 0) is 9.59 Å². The zero-order valence-corrected chi connectivity index (χ0v) is 13.5. The molecule has 0 aliphatic carbocycles. The first-order valence-corrected chi connectivity index (χ1v) is 7.97. The lowest BCUT2D eigenvalue weighted by Crippen LogP contribution is -2.51.